The van der Waals surface area contributed by atoms with Gasteiger partial charge in [-0.2, -0.15) is 0 Å². The van der Waals surface area contributed by atoms with E-state index in [0.29, 0.717) is 28.8 Å². The van der Waals surface area contributed by atoms with E-state index in [4.69, 9.17) is 23.2 Å². The first-order chi connectivity index (χ1) is 10.1. The van der Waals surface area contributed by atoms with Gasteiger partial charge in [0, 0.05) is 28.8 Å². The highest BCUT2D eigenvalue weighted by Gasteiger charge is 2.12. The van der Waals surface area contributed by atoms with Crippen LogP contribution in [0.3, 0.4) is 0 Å². The molecule has 0 fully saturated rings. The maximum absolute atomic E-state index is 12.3. The van der Waals surface area contributed by atoms with Crippen molar-refractivity contribution in [3.8, 4) is 0 Å². The number of rotatable bonds is 4. The van der Waals surface area contributed by atoms with Gasteiger partial charge in [-0.25, -0.2) is 4.79 Å². The summed E-state index contributed by atoms with van der Waals surface area (Å²) in [5.41, 5.74) is 1.67. The van der Waals surface area contributed by atoms with Gasteiger partial charge in [0.2, 0.25) is 0 Å². The monoisotopic (exact) mass is 322 g/mol. The van der Waals surface area contributed by atoms with E-state index in [1.54, 1.807) is 23.1 Å². The van der Waals surface area contributed by atoms with E-state index in [1.165, 1.54) is 0 Å². The van der Waals surface area contributed by atoms with Crippen LogP contribution in [0.15, 0.2) is 48.5 Å². The maximum Gasteiger partial charge on any atom is 0.322 e. The van der Waals surface area contributed by atoms with E-state index in [-0.39, 0.29) is 6.03 Å². The summed E-state index contributed by atoms with van der Waals surface area (Å²) in [4.78, 5) is 14.0. The lowest BCUT2D eigenvalue weighted by Gasteiger charge is -2.21. The molecule has 0 spiro atoms. The molecule has 0 aromatic heterocycles. The zero-order chi connectivity index (χ0) is 15.2. The summed E-state index contributed by atoms with van der Waals surface area (Å²) in [6.45, 7) is 3.10. The minimum atomic E-state index is -0.181. The fraction of sp³-hybridized carbons (Fsp3) is 0.188. The summed E-state index contributed by atoms with van der Waals surface area (Å²) in [6, 6.07) is 14.6. The van der Waals surface area contributed by atoms with Gasteiger partial charge in [-0.3, -0.25) is 0 Å². The Kier molecular flexibility index (Phi) is 5.48. The number of nitrogens with one attached hydrogen (secondary N) is 1. The minimum absolute atomic E-state index is 0.181. The van der Waals surface area contributed by atoms with Gasteiger partial charge in [-0.05, 0) is 30.7 Å². The molecule has 5 heteroatoms. The average molecular weight is 323 g/mol. The van der Waals surface area contributed by atoms with Crippen molar-refractivity contribution in [3.05, 3.63) is 64.1 Å². The largest absolute Gasteiger partial charge is 0.322 e. The third-order valence-electron chi connectivity index (χ3n) is 3.00. The van der Waals surface area contributed by atoms with Crippen molar-refractivity contribution < 1.29 is 4.79 Å². The number of carbonyl (C=O) groups is 1. The number of carbonyl (C=O) groups excluding carboxylic acids is 1. The number of benzene rings is 2. The van der Waals surface area contributed by atoms with Gasteiger partial charge in [0.1, 0.15) is 0 Å². The fourth-order valence-corrected chi connectivity index (χ4v) is 2.49. The van der Waals surface area contributed by atoms with E-state index in [1.807, 2.05) is 37.3 Å². The number of hydrogen-bond donors (Lipinski definition) is 1. The van der Waals surface area contributed by atoms with E-state index < -0.39 is 0 Å². The fourth-order valence-electron chi connectivity index (χ4n) is 1.96. The molecule has 0 saturated heterocycles. The lowest BCUT2D eigenvalue weighted by atomic mass is 10.2. The van der Waals surface area contributed by atoms with Crippen LogP contribution in [0.1, 0.15) is 12.5 Å². The summed E-state index contributed by atoms with van der Waals surface area (Å²) in [7, 11) is 0. The number of halogens is 2. The molecule has 2 aromatic carbocycles. The van der Waals surface area contributed by atoms with Crippen molar-refractivity contribution in [2.75, 3.05) is 11.9 Å². The minimum Gasteiger partial charge on any atom is -0.320 e. The Labute approximate surface area is 134 Å². The predicted molar refractivity (Wildman–Crippen MR) is 88.0 cm³/mol. The van der Waals surface area contributed by atoms with Crippen LogP contribution >= 0.6 is 23.2 Å². The molecule has 21 heavy (non-hydrogen) atoms. The van der Waals surface area contributed by atoms with Crippen molar-refractivity contribution >= 4 is 34.9 Å². The van der Waals surface area contributed by atoms with Crippen LogP contribution in [-0.2, 0) is 6.54 Å². The molecule has 0 atom stereocenters. The number of amides is 2. The van der Waals surface area contributed by atoms with Gasteiger partial charge in [0.05, 0.1) is 0 Å². The highest BCUT2D eigenvalue weighted by Crippen LogP contribution is 2.22. The van der Waals surface area contributed by atoms with Gasteiger partial charge in [0.15, 0.2) is 0 Å². The van der Waals surface area contributed by atoms with Gasteiger partial charge in [0.25, 0.3) is 0 Å². The lowest BCUT2D eigenvalue weighted by molar-refractivity contribution is 0.212. The number of hydrogen-bond acceptors (Lipinski definition) is 1. The highest BCUT2D eigenvalue weighted by molar-refractivity contribution is 6.35. The first kappa shape index (κ1) is 15.7. The normalized spacial score (nSPS) is 10.2. The second-order valence-electron chi connectivity index (χ2n) is 4.59. The van der Waals surface area contributed by atoms with Gasteiger partial charge in [-0.15, -0.1) is 0 Å². The molecule has 1 N–H and O–H groups in total. The van der Waals surface area contributed by atoms with Gasteiger partial charge in [-0.1, -0.05) is 53.5 Å². The topological polar surface area (TPSA) is 32.3 Å². The standard InChI is InChI=1S/C16H16Cl2N2O/c1-2-20(11-12-6-4-3-5-7-12)16(21)19-15-9-13(17)8-14(18)10-15/h3-10H,2,11H2,1H3,(H,19,21). The Morgan fingerprint density at radius 2 is 1.71 bits per heavy atom. The Balaban J connectivity index is 2.06. The first-order valence-corrected chi connectivity index (χ1v) is 7.40. The third-order valence-corrected chi connectivity index (χ3v) is 3.44. The lowest BCUT2D eigenvalue weighted by Crippen LogP contribution is -2.34. The van der Waals surface area contributed by atoms with E-state index >= 15 is 0 Å². The molecule has 0 aliphatic carbocycles. The summed E-state index contributed by atoms with van der Waals surface area (Å²) in [5, 5.41) is 3.79. The highest BCUT2D eigenvalue weighted by atomic mass is 35.5. The molecule has 2 amide bonds. The molecule has 0 aliphatic heterocycles. The number of anilines is 1. The number of nitrogens with zero attached hydrogens (tertiary/aromatic N) is 1. The molecule has 0 saturated carbocycles. The Bertz CT molecular complexity index is 597. The summed E-state index contributed by atoms with van der Waals surface area (Å²) >= 11 is 11.9. The zero-order valence-electron chi connectivity index (χ0n) is 11.6. The van der Waals surface area contributed by atoms with Crippen LogP contribution in [0.2, 0.25) is 10.0 Å². The molecule has 2 rings (SSSR count). The molecule has 0 radical (unpaired) electrons. The van der Waals surface area contributed by atoms with E-state index in [0.717, 1.165) is 5.56 Å². The van der Waals surface area contributed by atoms with Crippen LogP contribution in [0.4, 0.5) is 10.5 Å². The van der Waals surface area contributed by atoms with Crippen LogP contribution in [0, 0.1) is 0 Å². The average Bonchev–Trinajstić information content (AvgIpc) is 2.44. The van der Waals surface area contributed by atoms with Crippen molar-refractivity contribution in [1.82, 2.24) is 4.90 Å². The quantitative estimate of drug-likeness (QED) is 0.839. The van der Waals surface area contributed by atoms with Crippen LogP contribution in [-0.4, -0.2) is 17.5 Å². The molecule has 0 unspecified atom stereocenters. The number of urea groups is 1. The van der Waals surface area contributed by atoms with E-state index in [9.17, 15) is 4.79 Å². The second kappa shape index (κ2) is 7.34. The SMILES string of the molecule is CCN(Cc1ccccc1)C(=O)Nc1cc(Cl)cc(Cl)c1. The first-order valence-electron chi connectivity index (χ1n) is 6.64. The Morgan fingerprint density at radius 1 is 1.10 bits per heavy atom. The molecular weight excluding hydrogens is 307 g/mol. The third kappa shape index (κ3) is 4.66. The van der Waals surface area contributed by atoms with Crippen LogP contribution < -0.4 is 5.32 Å². The van der Waals surface area contributed by atoms with Crippen molar-refractivity contribution in [1.29, 1.82) is 0 Å². The summed E-state index contributed by atoms with van der Waals surface area (Å²) in [6.07, 6.45) is 0. The molecule has 3 nitrogen and oxygen atoms in total. The Hall–Kier alpha value is -1.71. The van der Waals surface area contributed by atoms with Gasteiger partial charge < -0.3 is 10.2 Å². The van der Waals surface area contributed by atoms with Crippen molar-refractivity contribution in [2.45, 2.75) is 13.5 Å². The van der Waals surface area contributed by atoms with Crippen molar-refractivity contribution in [2.24, 2.45) is 0 Å². The van der Waals surface area contributed by atoms with E-state index in [2.05, 4.69) is 5.32 Å². The molecule has 0 bridgehead atoms. The molecule has 0 heterocycles. The zero-order valence-corrected chi connectivity index (χ0v) is 13.2. The molecule has 0 aliphatic rings. The molecular formula is C16H16Cl2N2O. The second-order valence-corrected chi connectivity index (χ2v) is 5.46. The van der Waals surface area contributed by atoms with Gasteiger partial charge >= 0.3 is 6.03 Å². The maximum atomic E-state index is 12.3. The summed E-state index contributed by atoms with van der Waals surface area (Å²) in [5.74, 6) is 0. The van der Waals surface area contributed by atoms with Crippen LogP contribution in [0.5, 0.6) is 0 Å². The molecule has 110 valence electrons. The Morgan fingerprint density at radius 3 is 2.29 bits per heavy atom. The summed E-state index contributed by atoms with van der Waals surface area (Å²) < 4.78 is 0. The smallest absolute Gasteiger partial charge is 0.320 e. The van der Waals surface area contributed by atoms with Crippen LogP contribution in [0.25, 0.3) is 0 Å². The predicted octanol–water partition coefficient (Wildman–Crippen LogP) is 5.05. The molecule has 2 aromatic rings. The van der Waals surface area contributed by atoms with Crippen molar-refractivity contribution in [3.63, 3.8) is 0 Å².